The van der Waals surface area contributed by atoms with Crippen LogP contribution in [0.3, 0.4) is 0 Å². The normalized spacial score (nSPS) is 14.5. The Hall–Kier alpha value is -2.12. The molecule has 132 valence electrons. The molecule has 0 saturated heterocycles. The third kappa shape index (κ3) is 4.46. The van der Waals surface area contributed by atoms with Crippen LogP contribution >= 0.6 is 12.4 Å². The van der Waals surface area contributed by atoms with E-state index >= 15 is 0 Å². The van der Waals surface area contributed by atoms with Gasteiger partial charge in [0, 0.05) is 0 Å². The highest BCUT2D eigenvalue weighted by molar-refractivity contribution is 6.11. The molecule has 0 spiro atoms. The molecule has 24 heavy (non-hydrogen) atoms. The first-order chi connectivity index (χ1) is 10.9. The molecule has 8 heteroatoms. The number of fused-ring (bicyclic) bond motifs is 1. The molecule has 1 aromatic rings. The molecule has 1 unspecified atom stereocenters. The van der Waals surface area contributed by atoms with E-state index in [2.05, 4.69) is 5.32 Å². The maximum absolute atomic E-state index is 12.8. The minimum atomic E-state index is -0.977. The average molecular weight is 356 g/mol. The summed E-state index contributed by atoms with van der Waals surface area (Å²) < 4.78 is 0. The number of amides is 2. The van der Waals surface area contributed by atoms with Gasteiger partial charge < -0.3 is 10.4 Å². The second-order valence-corrected chi connectivity index (χ2v) is 5.53. The number of rotatable bonds is 6. The van der Waals surface area contributed by atoms with E-state index in [-0.39, 0.29) is 37.3 Å². The number of carboxylic acid groups (broad SMARTS) is 1. The van der Waals surface area contributed by atoms with Gasteiger partial charge in [-0.2, -0.15) is 0 Å². The van der Waals surface area contributed by atoms with Crippen molar-refractivity contribution in [1.29, 1.82) is 0 Å². The highest BCUT2D eigenvalue weighted by Gasteiger charge is 2.32. The number of nitrogens with one attached hydrogen (secondary N) is 1. The molecule has 7 nitrogen and oxygen atoms in total. The average Bonchev–Trinajstić information content (AvgIpc) is 2.51. The topological polar surface area (TPSA) is 90.0 Å². The summed E-state index contributed by atoms with van der Waals surface area (Å²) >= 11 is 0. The van der Waals surface area contributed by atoms with Crippen molar-refractivity contribution in [3.63, 3.8) is 0 Å². The molecule has 1 aliphatic rings. The fourth-order valence-corrected chi connectivity index (χ4v) is 2.68. The number of hydrogen-bond donors (Lipinski definition) is 2. The summed E-state index contributed by atoms with van der Waals surface area (Å²) in [4.78, 5) is 38.7. The molecule has 0 aromatic heterocycles. The first-order valence-corrected chi connectivity index (χ1v) is 7.60. The molecule has 0 bridgehead atoms. The lowest BCUT2D eigenvalue weighted by Crippen LogP contribution is -2.52. The number of carbonyl (C=O) groups is 3. The van der Waals surface area contributed by atoms with Crippen molar-refractivity contribution in [2.45, 2.75) is 26.3 Å². The summed E-state index contributed by atoms with van der Waals surface area (Å²) in [6.07, 6.45) is 0.738. The molecule has 0 radical (unpaired) electrons. The Morgan fingerprint density at radius 3 is 2.67 bits per heavy atom. The van der Waals surface area contributed by atoms with Gasteiger partial charge in [-0.3, -0.25) is 24.2 Å². The summed E-state index contributed by atoms with van der Waals surface area (Å²) in [5.74, 6) is -1.51. The maximum Gasteiger partial charge on any atom is 0.317 e. The minimum Gasteiger partial charge on any atom is -0.480 e. The Balaban J connectivity index is 0.00000288. The number of hydrogen-bond acceptors (Lipinski definition) is 4. The molecule has 2 N–H and O–H groups in total. The SMILES string of the molecule is CCCN(CC(=O)O)C(C)C(=O)N1CC(=O)Nc2ccccc21.Cl. The lowest BCUT2D eigenvalue weighted by Gasteiger charge is -2.34. The molecular weight excluding hydrogens is 334 g/mol. The summed E-state index contributed by atoms with van der Waals surface area (Å²) in [7, 11) is 0. The van der Waals surface area contributed by atoms with E-state index in [9.17, 15) is 14.4 Å². The Kier molecular flexibility index (Phi) is 7.18. The van der Waals surface area contributed by atoms with Crippen LogP contribution in [0, 0.1) is 0 Å². The van der Waals surface area contributed by atoms with Crippen LogP contribution in [0.4, 0.5) is 11.4 Å². The van der Waals surface area contributed by atoms with Gasteiger partial charge in [0.05, 0.1) is 24.0 Å². The number of nitrogens with zero attached hydrogens (tertiary/aromatic N) is 2. The molecule has 0 saturated carbocycles. The van der Waals surface area contributed by atoms with Gasteiger partial charge in [0.2, 0.25) is 11.8 Å². The zero-order valence-electron chi connectivity index (χ0n) is 13.7. The first kappa shape index (κ1) is 19.9. The highest BCUT2D eigenvalue weighted by Crippen LogP contribution is 2.29. The number of benzene rings is 1. The second-order valence-electron chi connectivity index (χ2n) is 5.53. The fraction of sp³-hybridized carbons (Fsp3) is 0.438. The van der Waals surface area contributed by atoms with Gasteiger partial charge >= 0.3 is 5.97 Å². The smallest absolute Gasteiger partial charge is 0.317 e. The van der Waals surface area contributed by atoms with Gasteiger partial charge in [-0.05, 0) is 32.0 Å². The van der Waals surface area contributed by atoms with Crippen LogP contribution in [0.1, 0.15) is 20.3 Å². The largest absolute Gasteiger partial charge is 0.480 e. The zero-order chi connectivity index (χ0) is 17.0. The van der Waals surface area contributed by atoms with E-state index in [1.807, 2.05) is 6.92 Å². The van der Waals surface area contributed by atoms with Gasteiger partial charge in [-0.15, -0.1) is 12.4 Å². The third-order valence-electron chi connectivity index (χ3n) is 3.79. The molecule has 2 rings (SSSR count). The number of aliphatic carboxylic acids is 1. The van der Waals surface area contributed by atoms with E-state index in [4.69, 9.17) is 5.11 Å². The number of carbonyl (C=O) groups excluding carboxylic acids is 2. The quantitative estimate of drug-likeness (QED) is 0.808. The highest BCUT2D eigenvalue weighted by atomic mass is 35.5. The van der Waals surface area contributed by atoms with Crippen molar-refractivity contribution in [2.24, 2.45) is 0 Å². The molecule has 2 amide bonds. The van der Waals surface area contributed by atoms with Gasteiger partial charge in [0.15, 0.2) is 0 Å². The van der Waals surface area contributed by atoms with E-state index < -0.39 is 12.0 Å². The maximum atomic E-state index is 12.8. The van der Waals surface area contributed by atoms with Crippen molar-refractivity contribution in [2.75, 3.05) is 29.9 Å². The van der Waals surface area contributed by atoms with Crippen LogP contribution in [0.2, 0.25) is 0 Å². The van der Waals surface area contributed by atoms with Crippen LogP contribution in [0.15, 0.2) is 24.3 Å². The lowest BCUT2D eigenvalue weighted by molar-refractivity contribution is -0.139. The van der Waals surface area contributed by atoms with E-state index in [0.717, 1.165) is 6.42 Å². The molecule has 1 atom stereocenters. The van der Waals surface area contributed by atoms with Crippen molar-refractivity contribution in [3.8, 4) is 0 Å². The lowest BCUT2D eigenvalue weighted by atomic mass is 10.1. The standard InChI is InChI=1S/C16H21N3O4.ClH/c1-3-8-18(10-15(21)22)11(2)16(23)19-9-14(20)17-12-6-4-5-7-13(12)19;/h4-7,11H,3,8-10H2,1-2H3,(H,17,20)(H,21,22);1H. The number of para-hydroxylation sites is 2. The van der Waals surface area contributed by atoms with Crippen molar-refractivity contribution >= 4 is 41.6 Å². The number of halogens is 1. The van der Waals surface area contributed by atoms with Gasteiger partial charge in [0.25, 0.3) is 0 Å². The van der Waals surface area contributed by atoms with Crippen molar-refractivity contribution < 1.29 is 19.5 Å². The predicted molar refractivity (Wildman–Crippen MR) is 93.6 cm³/mol. The van der Waals surface area contributed by atoms with Gasteiger partial charge in [0.1, 0.15) is 6.54 Å². The third-order valence-corrected chi connectivity index (χ3v) is 3.79. The summed E-state index contributed by atoms with van der Waals surface area (Å²) in [6, 6.07) is 6.45. The Labute approximate surface area is 147 Å². The Morgan fingerprint density at radius 2 is 2.04 bits per heavy atom. The second kappa shape index (κ2) is 8.65. The van der Waals surface area contributed by atoms with Crippen LogP contribution in [0.25, 0.3) is 0 Å². The van der Waals surface area contributed by atoms with Crippen LogP contribution in [-0.2, 0) is 14.4 Å². The van der Waals surface area contributed by atoms with Crippen molar-refractivity contribution in [1.82, 2.24) is 4.90 Å². The van der Waals surface area contributed by atoms with Crippen LogP contribution in [0.5, 0.6) is 0 Å². The van der Waals surface area contributed by atoms with Crippen molar-refractivity contribution in [3.05, 3.63) is 24.3 Å². The Bertz CT molecular complexity index is 623. The predicted octanol–water partition coefficient (Wildman–Crippen LogP) is 1.58. The molecule has 0 aliphatic carbocycles. The number of carboxylic acids is 1. The van der Waals surface area contributed by atoms with E-state index in [1.54, 1.807) is 36.1 Å². The molecule has 1 aliphatic heterocycles. The van der Waals surface area contributed by atoms with E-state index in [0.29, 0.717) is 17.9 Å². The monoisotopic (exact) mass is 355 g/mol. The first-order valence-electron chi connectivity index (χ1n) is 7.60. The summed E-state index contributed by atoms with van der Waals surface area (Å²) in [6.45, 7) is 3.84. The zero-order valence-corrected chi connectivity index (χ0v) is 14.5. The molecular formula is C16H22ClN3O4. The van der Waals surface area contributed by atoms with E-state index in [1.165, 1.54) is 4.90 Å². The van der Waals surface area contributed by atoms with Gasteiger partial charge in [-0.25, -0.2) is 0 Å². The van der Waals surface area contributed by atoms with Crippen LogP contribution in [-0.4, -0.2) is 53.5 Å². The fourth-order valence-electron chi connectivity index (χ4n) is 2.68. The molecule has 0 fully saturated rings. The van der Waals surface area contributed by atoms with Gasteiger partial charge in [-0.1, -0.05) is 19.1 Å². The minimum absolute atomic E-state index is 0. The Morgan fingerprint density at radius 1 is 1.38 bits per heavy atom. The molecule has 1 aromatic carbocycles. The van der Waals surface area contributed by atoms with Crippen LogP contribution < -0.4 is 10.2 Å². The summed E-state index contributed by atoms with van der Waals surface area (Å²) in [5.41, 5.74) is 1.22. The number of anilines is 2. The summed E-state index contributed by atoms with van der Waals surface area (Å²) in [5, 5.41) is 11.8. The molecule has 1 heterocycles.